The number of hydrogen-bond donors (Lipinski definition) is 1. The van der Waals surface area contributed by atoms with Crippen molar-refractivity contribution in [1.29, 1.82) is 0 Å². The minimum Gasteiger partial charge on any atom is -0.467 e. The van der Waals surface area contributed by atoms with Gasteiger partial charge in [-0.3, -0.25) is 0 Å². The Morgan fingerprint density at radius 1 is 1.47 bits per heavy atom. The molecule has 0 radical (unpaired) electrons. The van der Waals surface area contributed by atoms with Crippen LogP contribution in [0.2, 0.25) is 5.02 Å². The van der Waals surface area contributed by atoms with E-state index in [2.05, 4.69) is 29.1 Å². The van der Waals surface area contributed by atoms with Crippen LogP contribution in [0.1, 0.15) is 39.5 Å². The van der Waals surface area contributed by atoms with Crippen molar-refractivity contribution < 1.29 is 4.74 Å². The fourth-order valence-electron chi connectivity index (χ4n) is 1.56. The van der Waals surface area contributed by atoms with E-state index in [1.807, 2.05) is 0 Å². The third kappa shape index (κ3) is 4.77. The van der Waals surface area contributed by atoms with E-state index in [0.717, 1.165) is 6.42 Å². The SMILES string of the molecule is CCCCCC(C)Nc1nc(OC)ncc1Cl. The van der Waals surface area contributed by atoms with E-state index in [9.17, 15) is 0 Å². The topological polar surface area (TPSA) is 47.0 Å². The van der Waals surface area contributed by atoms with E-state index >= 15 is 0 Å². The molecule has 4 nitrogen and oxygen atoms in total. The van der Waals surface area contributed by atoms with Crippen LogP contribution in [-0.4, -0.2) is 23.1 Å². The Kier molecular flexibility index (Phi) is 6.05. The molecule has 17 heavy (non-hydrogen) atoms. The molecule has 0 saturated carbocycles. The van der Waals surface area contributed by atoms with Crippen LogP contribution in [-0.2, 0) is 0 Å². The summed E-state index contributed by atoms with van der Waals surface area (Å²) in [5, 5.41) is 3.80. The van der Waals surface area contributed by atoms with Crippen LogP contribution < -0.4 is 10.1 Å². The van der Waals surface area contributed by atoms with E-state index < -0.39 is 0 Å². The second kappa shape index (κ2) is 7.33. The molecule has 5 heteroatoms. The van der Waals surface area contributed by atoms with E-state index in [0.29, 0.717) is 22.9 Å². The third-order valence-electron chi connectivity index (χ3n) is 2.53. The van der Waals surface area contributed by atoms with Gasteiger partial charge in [0.05, 0.1) is 13.3 Å². The van der Waals surface area contributed by atoms with E-state index in [1.165, 1.54) is 26.4 Å². The van der Waals surface area contributed by atoms with Gasteiger partial charge >= 0.3 is 6.01 Å². The number of rotatable bonds is 7. The van der Waals surface area contributed by atoms with Crippen LogP contribution in [0.15, 0.2) is 6.20 Å². The molecule has 1 aromatic rings. The summed E-state index contributed by atoms with van der Waals surface area (Å²) >= 11 is 6.02. The molecule has 0 amide bonds. The van der Waals surface area contributed by atoms with Crippen LogP contribution in [0.4, 0.5) is 5.82 Å². The lowest BCUT2D eigenvalue weighted by Gasteiger charge is -2.15. The van der Waals surface area contributed by atoms with Gasteiger partial charge in [0.2, 0.25) is 0 Å². The number of halogens is 1. The van der Waals surface area contributed by atoms with Gasteiger partial charge < -0.3 is 10.1 Å². The maximum Gasteiger partial charge on any atom is 0.318 e. The Morgan fingerprint density at radius 3 is 2.88 bits per heavy atom. The number of methoxy groups -OCH3 is 1. The highest BCUT2D eigenvalue weighted by atomic mass is 35.5. The summed E-state index contributed by atoms with van der Waals surface area (Å²) in [5.41, 5.74) is 0. The Labute approximate surface area is 108 Å². The first-order chi connectivity index (χ1) is 8.17. The molecule has 1 unspecified atom stereocenters. The van der Waals surface area contributed by atoms with Crippen LogP contribution >= 0.6 is 11.6 Å². The zero-order chi connectivity index (χ0) is 12.7. The van der Waals surface area contributed by atoms with Gasteiger partial charge in [0.15, 0.2) is 5.82 Å². The highest BCUT2D eigenvalue weighted by molar-refractivity contribution is 6.32. The standard InChI is InChI=1S/C12H20ClN3O/c1-4-5-6-7-9(2)15-11-10(13)8-14-12(16-11)17-3/h8-9H,4-7H2,1-3H3,(H,14,15,16). The summed E-state index contributed by atoms with van der Waals surface area (Å²) < 4.78 is 4.97. The average Bonchev–Trinajstić information content (AvgIpc) is 2.32. The second-order valence-corrected chi connectivity index (χ2v) is 4.50. The number of anilines is 1. The summed E-state index contributed by atoms with van der Waals surface area (Å²) in [6.07, 6.45) is 6.36. The average molecular weight is 258 g/mol. The predicted molar refractivity (Wildman–Crippen MR) is 70.8 cm³/mol. The van der Waals surface area contributed by atoms with Crippen LogP contribution in [0.25, 0.3) is 0 Å². The van der Waals surface area contributed by atoms with E-state index in [4.69, 9.17) is 16.3 Å². The summed E-state index contributed by atoms with van der Waals surface area (Å²) in [6.45, 7) is 4.32. The molecule has 0 aliphatic heterocycles. The van der Waals surface area contributed by atoms with Gasteiger partial charge in [0.25, 0.3) is 0 Å². The Hall–Kier alpha value is -1.03. The molecule has 0 bridgehead atoms. The zero-order valence-corrected chi connectivity index (χ0v) is 11.4. The Morgan fingerprint density at radius 2 is 2.24 bits per heavy atom. The number of nitrogens with one attached hydrogen (secondary N) is 1. The molecule has 0 saturated heterocycles. The van der Waals surface area contributed by atoms with Crippen molar-refractivity contribution in [1.82, 2.24) is 9.97 Å². The smallest absolute Gasteiger partial charge is 0.318 e. The van der Waals surface area contributed by atoms with Crippen molar-refractivity contribution in [2.24, 2.45) is 0 Å². The first-order valence-electron chi connectivity index (χ1n) is 6.00. The van der Waals surface area contributed by atoms with Gasteiger partial charge in [0, 0.05) is 6.04 Å². The largest absolute Gasteiger partial charge is 0.467 e. The molecule has 0 aromatic carbocycles. The molecule has 1 N–H and O–H groups in total. The Bertz CT molecular complexity index is 347. The van der Waals surface area contributed by atoms with Gasteiger partial charge in [-0.1, -0.05) is 37.8 Å². The molecule has 0 aliphatic carbocycles. The molecule has 1 rings (SSSR count). The van der Waals surface area contributed by atoms with Gasteiger partial charge in [-0.05, 0) is 13.3 Å². The summed E-state index contributed by atoms with van der Waals surface area (Å²) in [5.74, 6) is 0.641. The molecule has 0 aliphatic rings. The number of unbranched alkanes of at least 4 members (excludes halogenated alkanes) is 2. The van der Waals surface area contributed by atoms with Crippen molar-refractivity contribution in [3.05, 3.63) is 11.2 Å². The van der Waals surface area contributed by atoms with Crippen molar-refractivity contribution in [2.75, 3.05) is 12.4 Å². The Balaban J connectivity index is 2.54. The maximum atomic E-state index is 6.02. The number of ether oxygens (including phenoxy) is 1. The van der Waals surface area contributed by atoms with Crippen LogP contribution in [0.5, 0.6) is 6.01 Å². The normalized spacial score (nSPS) is 12.2. The minimum atomic E-state index is 0.331. The molecule has 0 spiro atoms. The third-order valence-corrected chi connectivity index (χ3v) is 2.80. The summed E-state index contributed by atoms with van der Waals surface area (Å²) in [6, 6.07) is 0.677. The molecule has 96 valence electrons. The number of nitrogens with zero attached hydrogens (tertiary/aromatic N) is 2. The lowest BCUT2D eigenvalue weighted by molar-refractivity contribution is 0.380. The van der Waals surface area contributed by atoms with Gasteiger partial charge in [-0.15, -0.1) is 0 Å². The molecule has 1 heterocycles. The van der Waals surface area contributed by atoms with Crippen molar-refractivity contribution >= 4 is 17.4 Å². The second-order valence-electron chi connectivity index (χ2n) is 4.09. The van der Waals surface area contributed by atoms with E-state index in [-0.39, 0.29) is 0 Å². The highest BCUT2D eigenvalue weighted by Crippen LogP contribution is 2.21. The predicted octanol–water partition coefficient (Wildman–Crippen LogP) is 3.52. The summed E-state index contributed by atoms with van der Waals surface area (Å²) in [4.78, 5) is 8.12. The molecule has 1 atom stereocenters. The first kappa shape index (κ1) is 14.0. The lowest BCUT2D eigenvalue weighted by atomic mass is 10.1. The number of hydrogen-bond acceptors (Lipinski definition) is 4. The minimum absolute atomic E-state index is 0.331. The molecular weight excluding hydrogens is 238 g/mol. The molecule has 0 fully saturated rings. The van der Waals surface area contributed by atoms with Crippen molar-refractivity contribution in [2.45, 2.75) is 45.6 Å². The van der Waals surface area contributed by atoms with Crippen LogP contribution in [0.3, 0.4) is 0 Å². The zero-order valence-electron chi connectivity index (χ0n) is 10.7. The van der Waals surface area contributed by atoms with Crippen LogP contribution in [0, 0.1) is 0 Å². The van der Waals surface area contributed by atoms with Gasteiger partial charge in [0.1, 0.15) is 5.02 Å². The maximum absolute atomic E-state index is 6.02. The van der Waals surface area contributed by atoms with Crippen molar-refractivity contribution in [3.63, 3.8) is 0 Å². The highest BCUT2D eigenvalue weighted by Gasteiger charge is 2.08. The number of aromatic nitrogens is 2. The van der Waals surface area contributed by atoms with E-state index in [1.54, 1.807) is 6.20 Å². The summed E-state index contributed by atoms with van der Waals surface area (Å²) in [7, 11) is 1.54. The monoisotopic (exact) mass is 257 g/mol. The molecule has 1 aromatic heterocycles. The quantitative estimate of drug-likeness (QED) is 0.760. The lowest BCUT2D eigenvalue weighted by Crippen LogP contribution is -2.16. The first-order valence-corrected chi connectivity index (χ1v) is 6.38. The fraction of sp³-hybridized carbons (Fsp3) is 0.667. The molecular formula is C12H20ClN3O. The van der Waals surface area contributed by atoms with Gasteiger partial charge in [-0.25, -0.2) is 4.98 Å². The fourth-order valence-corrected chi connectivity index (χ4v) is 1.70. The van der Waals surface area contributed by atoms with Gasteiger partial charge in [-0.2, -0.15) is 4.98 Å². The van der Waals surface area contributed by atoms with Crippen molar-refractivity contribution in [3.8, 4) is 6.01 Å².